The number of hydrogen-bond donors (Lipinski definition) is 1. The first-order valence-electron chi connectivity index (χ1n) is 8.29. The lowest BCUT2D eigenvalue weighted by Crippen LogP contribution is -2.43. The maximum absolute atomic E-state index is 6.29. The van der Waals surface area contributed by atoms with E-state index in [-0.39, 0.29) is 6.04 Å². The zero-order chi connectivity index (χ0) is 15.2. The largest absolute Gasteiger partial charge is 0.497 e. The Labute approximate surface area is 129 Å². The molecule has 2 N–H and O–H groups in total. The summed E-state index contributed by atoms with van der Waals surface area (Å²) in [5, 5.41) is 0. The number of hydrogen-bond acceptors (Lipinski definition) is 3. The van der Waals surface area contributed by atoms with E-state index in [1.807, 2.05) is 12.1 Å². The number of methoxy groups -OCH3 is 1. The normalized spacial score (nSPS) is 20.2. The summed E-state index contributed by atoms with van der Waals surface area (Å²) < 4.78 is 5.25. The molecular formula is C18H30N2O. The van der Waals surface area contributed by atoms with Crippen LogP contribution in [-0.2, 0) is 0 Å². The molecule has 21 heavy (non-hydrogen) atoms. The van der Waals surface area contributed by atoms with E-state index in [9.17, 15) is 0 Å². The molecule has 1 aromatic carbocycles. The molecule has 2 atom stereocenters. The summed E-state index contributed by atoms with van der Waals surface area (Å²) >= 11 is 0. The van der Waals surface area contributed by atoms with Crippen molar-refractivity contribution in [3.8, 4) is 5.75 Å². The average molecular weight is 290 g/mol. The smallest absolute Gasteiger partial charge is 0.118 e. The summed E-state index contributed by atoms with van der Waals surface area (Å²) in [5.74, 6) is 1.82. The van der Waals surface area contributed by atoms with Crippen LogP contribution in [0.1, 0.15) is 51.1 Å². The van der Waals surface area contributed by atoms with Gasteiger partial charge in [0.1, 0.15) is 5.75 Å². The standard InChI is InChI=1S/C18H30N2O/c1-4-5-15-10-12-20(13-11-15)18(14(2)19)16-6-8-17(21-3)9-7-16/h6-9,14-15,18H,4-5,10-13,19H2,1-3H3. The number of rotatable bonds is 6. The molecule has 1 saturated heterocycles. The highest BCUT2D eigenvalue weighted by Crippen LogP contribution is 2.31. The molecule has 0 aromatic heterocycles. The second-order valence-electron chi connectivity index (χ2n) is 6.35. The van der Waals surface area contributed by atoms with Gasteiger partial charge in [-0.2, -0.15) is 0 Å². The van der Waals surface area contributed by atoms with Crippen LogP contribution in [0.2, 0.25) is 0 Å². The SMILES string of the molecule is CCCC1CCN(C(c2ccc(OC)cc2)C(C)N)CC1. The Kier molecular flexibility index (Phi) is 6.07. The van der Waals surface area contributed by atoms with Crippen molar-refractivity contribution < 1.29 is 4.74 Å². The fourth-order valence-electron chi connectivity index (χ4n) is 3.58. The molecule has 0 spiro atoms. The minimum atomic E-state index is 0.140. The summed E-state index contributed by atoms with van der Waals surface area (Å²) in [5.41, 5.74) is 7.60. The van der Waals surface area contributed by atoms with E-state index < -0.39 is 0 Å². The van der Waals surface area contributed by atoms with Crippen LogP contribution in [0.15, 0.2) is 24.3 Å². The molecule has 0 saturated carbocycles. The number of nitrogens with zero attached hydrogens (tertiary/aromatic N) is 1. The van der Waals surface area contributed by atoms with Crippen LogP contribution in [0, 0.1) is 5.92 Å². The summed E-state index contributed by atoms with van der Waals surface area (Å²) in [4.78, 5) is 2.57. The lowest BCUT2D eigenvalue weighted by molar-refractivity contribution is 0.115. The Bertz CT molecular complexity index is 408. The van der Waals surface area contributed by atoms with Gasteiger partial charge in [0.15, 0.2) is 0 Å². The average Bonchev–Trinajstić information content (AvgIpc) is 2.50. The van der Waals surface area contributed by atoms with Gasteiger partial charge in [-0.25, -0.2) is 0 Å². The van der Waals surface area contributed by atoms with Crippen molar-refractivity contribution in [2.45, 2.75) is 51.6 Å². The molecule has 1 fully saturated rings. The van der Waals surface area contributed by atoms with Crippen LogP contribution in [0.3, 0.4) is 0 Å². The van der Waals surface area contributed by atoms with Crippen LogP contribution in [0.25, 0.3) is 0 Å². The number of benzene rings is 1. The van der Waals surface area contributed by atoms with Crippen LogP contribution < -0.4 is 10.5 Å². The van der Waals surface area contributed by atoms with Gasteiger partial charge in [-0.15, -0.1) is 0 Å². The first kappa shape index (κ1) is 16.3. The summed E-state index contributed by atoms with van der Waals surface area (Å²) in [6.07, 6.45) is 5.31. The fourth-order valence-corrected chi connectivity index (χ4v) is 3.58. The Morgan fingerprint density at radius 2 is 1.86 bits per heavy atom. The highest BCUT2D eigenvalue weighted by atomic mass is 16.5. The van der Waals surface area contributed by atoms with Gasteiger partial charge < -0.3 is 10.5 Å². The lowest BCUT2D eigenvalue weighted by atomic mass is 9.89. The molecule has 2 unspecified atom stereocenters. The predicted molar refractivity (Wildman–Crippen MR) is 88.6 cm³/mol. The molecule has 0 amide bonds. The van der Waals surface area contributed by atoms with Crippen molar-refractivity contribution in [3.63, 3.8) is 0 Å². The van der Waals surface area contributed by atoms with Gasteiger partial charge in [0, 0.05) is 12.1 Å². The number of nitrogens with two attached hydrogens (primary N) is 1. The molecule has 1 heterocycles. The molecule has 1 aliphatic rings. The molecule has 3 heteroatoms. The first-order chi connectivity index (χ1) is 10.2. The molecule has 0 aliphatic carbocycles. The van der Waals surface area contributed by atoms with Crippen molar-refractivity contribution in [1.82, 2.24) is 4.90 Å². The topological polar surface area (TPSA) is 38.5 Å². The van der Waals surface area contributed by atoms with Gasteiger partial charge >= 0.3 is 0 Å². The summed E-state index contributed by atoms with van der Waals surface area (Å²) in [6.45, 7) is 6.74. The molecule has 2 rings (SSSR count). The van der Waals surface area contributed by atoms with E-state index in [1.165, 1.54) is 44.3 Å². The van der Waals surface area contributed by atoms with E-state index in [4.69, 9.17) is 10.5 Å². The van der Waals surface area contributed by atoms with Crippen molar-refractivity contribution in [2.75, 3.05) is 20.2 Å². The number of piperidine rings is 1. The van der Waals surface area contributed by atoms with Crippen LogP contribution in [0.4, 0.5) is 0 Å². The van der Waals surface area contributed by atoms with E-state index in [1.54, 1.807) is 7.11 Å². The van der Waals surface area contributed by atoms with E-state index in [2.05, 4.69) is 30.9 Å². The van der Waals surface area contributed by atoms with Crippen molar-refractivity contribution >= 4 is 0 Å². The Balaban J connectivity index is 2.05. The summed E-state index contributed by atoms with van der Waals surface area (Å²) in [7, 11) is 1.70. The van der Waals surface area contributed by atoms with Crippen molar-refractivity contribution in [2.24, 2.45) is 11.7 Å². The quantitative estimate of drug-likeness (QED) is 0.870. The van der Waals surface area contributed by atoms with Crippen molar-refractivity contribution in [3.05, 3.63) is 29.8 Å². The van der Waals surface area contributed by atoms with Gasteiger partial charge in [-0.05, 0) is 56.5 Å². The number of likely N-dealkylation sites (tertiary alicyclic amines) is 1. The fraction of sp³-hybridized carbons (Fsp3) is 0.667. The molecule has 1 aromatic rings. The van der Waals surface area contributed by atoms with Gasteiger partial charge in [0.05, 0.1) is 7.11 Å². The van der Waals surface area contributed by atoms with Crippen LogP contribution in [0.5, 0.6) is 5.75 Å². The molecule has 0 radical (unpaired) electrons. The predicted octanol–water partition coefficient (Wildman–Crippen LogP) is 3.60. The summed E-state index contributed by atoms with van der Waals surface area (Å²) in [6, 6.07) is 8.85. The Hall–Kier alpha value is -1.06. The minimum Gasteiger partial charge on any atom is -0.497 e. The van der Waals surface area contributed by atoms with Crippen LogP contribution in [-0.4, -0.2) is 31.1 Å². The molecule has 3 nitrogen and oxygen atoms in total. The number of ether oxygens (including phenoxy) is 1. The van der Waals surface area contributed by atoms with Gasteiger partial charge in [-0.3, -0.25) is 4.90 Å². The lowest BCUT2D eigenvalue weighted by Gasteiger charge is -2.39. The third kappa shape index (κ3) is 4.21. The van der Waals surface area contributed by atoms with Gasteiger partial charge in [-0.1, -0.05) is 31.9 Å². The van der Waals surface area contributed by atoms with Crippen molar-refractivity contribution in [1.29, 1.82) is 0 Å². The monoisotopic (exact) mass is 290 g/mol. The van der Waals surface area contributed by atoms with Gasteiger partial charge in [0.25, 0.3) is 0 Å². The van der Waals surface area contributed by atoms with E-state index >= 15 is 0 Å². The molecular weight excluding hydrogens is 260 g/mol. The first-order valence-corrected chi connectivity index (χ1v) is 8.29. The Morgan fingerprint density at radius 3 is 2.33 bits per heavy atom. The second-order valence-corrected chi connectivity index (χ2v) is 6.35. The molecule has 118 valence electrons. The molecule has 0 bridgehead atoms. The second kappa shape index (κ2) is 7.81. The highest BCUT2D eigenvalue weighted by Gasteiger charge is 2.28. The maximum Gasteiger partial charge on any atom is 0.118 e. The van der Waals surface area contributed by atoms with E-state index in [0.29, 0.717) is 6.04 Å². The highest BCUT2D eigenvalue weighted by molar-refractivity contribution is 5.30. The molecule has 1 aliphatic heterocycles. The van der Waals surface area contributed by atoms with E-state index in [0.717, 1.165) is 11.7 Å². The third-order valence-corrected chi connectivity index (χ3v) is 4.69. The minimum absolute atomic E-state index is 0.140. The zero-order valence-corrected chi connectivity index (χ0v) is 13.7. The maximum atomic E-state index is 6.29. The van der Waals surface area contributed by atoms with Crippen LogP contribution >= 0.6 is 0 Å². The third-order valence-electron chi connectivity index (χ3n) is 4.69. The van der Waals surface area contributed by atoms with Gasteiger partial charge in [0.2, 0.25) is 0 Å². The Morgan fingerprint density at radius 1 is 1.24 bits per heavy atom. The zero-order valence-electron chi connectivity index (χ0n) is 13.7.